The van der Waals surface area contributed by atoms with Crippen molar-refractivity contribution in [1.29, 1.82) is 0 Å². The van der Waals surface area contributed by atoms with Gasteiger partial charge < -0.3 is 0 Å². The summed E-state index contributed by atoms with van der Waals surface area (Å²) in [5.74, 6) is -20.9. The van der Waals surface area contributed by atoms with Crippen molar-refractivity contribution in [3.8, 4) is 0 Å². The smallest absolute Gasteiger partial charge is 0.259 e. The van der Waals surface area contributed by atoms with Gasteiger partial charge in [0, 0.05) is 0 Å². The Morgan fingerprint density at radius 1 is 0.750 bits per heavy atom. The van der Waals surface area contributed by atoms with Gasteiger partial charge in [0.2, 0.25) is 0 Å². The first-order valence-electron chi connectivity index (χ1n) is 4.90. The second-order valence-electron chi connectivity index (χ2n) is 3.94. The number of hydrogen-bond donors (Lipinski definition) is 0. The maximum atomic E-state index is 12.9. The average molecular weight is 414 g/mol. The second kappa shape index (κ2) is 6.06. The van der Waals surface area contributed by atoms with Crippen molar-refractivity contribution in [3.05, 3.63) is 0 Å². The summed E-state index contributed by atoms with van der Waals surface area (Å²) in [7, 11) is -7.60. The summed E-state index contributed by atoms with van der Waals surface area (Å²) in [6.45, 7) is -3.21. The van der Waals surface area contributed by atoms with E-state index in [0.29, 0.717) is 0 Å². The van der Waals surface area contributed by atoms with Gasteiger partial charge in [0.15, 0.2) is 0 Å². The van der Waals surface area contributed by atoms with Crippen LogP contribution in [0.5, 0.6) is 0 Å². The quantitative estimate of drug-likeness (QED) is 0.472. The highest BCUT2D eigenvalue weighted by atomic mass is 32.2. The molecule has 0 heterocycles. The van der Waals surface area contributed by atoms with Gasteiger partial charge in [0.1, 0.15) is 6.61 Å². The number of halogens is 13. The summed E-state index contributed by atoms with van der Waals surface area (Å²) in [5.41, 5.74) is 0. The Kier molecular flexibility index (Phi) is 5.81. The van der Waals surface area contributed by atoms with Gasteiger partial charge in [0.25, 0.3) is 0 Å². The molecule has 0 aromatic heterocycles. The molecule has 3 nitrogen and oxygen atoms in total. The van der Waals surface area contributed by atoms with Gasteiger partial charge in [-0.1, -0.05) is 0 Å². The van der Waals surface area contributed by atoms with Crippen LogP contribution < -0.4 is 0 Å². The van der Waals surface area contributed by atoms with E-state index in [1.54, 1.807) is 0 Å². The third-order valence-corrected chi connectivity index (χ3v) is 3.47. The lowest BCUT2D eigenvalue weighted by atomic mass is 10.1. The second-order valence-corrected chi connectivity index (χ2v) is 5.60. The van der Waals surface area contributed by atoms with Gasteiger partial charge >= 0.3 is 45.7 Å². The summed E-state index contributed by atoms with van der Waals surface area (Å²) in [6, 6.07) is 0. The molecule has 0 fully saturated rings. The van der Waals surface area contributed by atoms with Crippen LogP contribution in [0, 0.1) is 0 Å². The maximum absolute atomic E-state index is 12.9. The fourth-order valence-electron chi connectivity index (χ4n) is 0.811. The molecule has 0 aromatic carbocycles. The van der Waals surface area contributed by atoms with E-state index >= 15 is 0 Å². The molecule has 0 spiro atoms. The Bertz CT molecular complexity index is 548. The van der Waals surface area contributed by atoms with Crippen molar-refractivity contribution in [1.82, 2.24) is 0 Å². The van der Waals surface area contributed by atoms with Crippen LogP contribution in [0.1, 0.15) is 0 Å². The highest BCUT2D eigenvalue weighted by molar-refractivity contribution is 7.87. The van der Waals surface area contributed by atoms with Gasteiger partial charge in [0.05, 0.1) is 0 Å². The highest BCUT2D eigenvalue weighted by Gasteiger charge is 2.85. The first-order valence-corrected chi connectivity index (χ1v) is 6.31. The molecule has 0 atom stereocenters. The van der Waals surface area contributed by atoms with Crippen LogP contribution in [0.4, 0.5) is 57.1 Å². The lowest BCUT2D eigenvalue weighted by molar-refractivity contribution is -0.382. The van der Waals surface area contributed by atoms with E-state index in [1.807, 2.05) is 0 Å². The number of hydrogen-bond acceptors (Lipinski definition) is 3. The van der Waals surface area contributed by atoms with Gasteiger partial charge in [-0.25, -0.2) is 8.78 Å². The molecular weight excluding hydrogens is 411 g/mol. The molecular formula is C7H3F13O3S. The molecule has 0 aliphatic rings. The molecule has 0 amide bonds. The third kappa shape index (κ3) is 3.65. The largest absolute Gasteiger partial charge is 0.460 e. The SMILES string of the molecule is O=S(=O)(OCC(F)(F)C(F)F)C(F)(F)C(F)(F)C(F)(F)C(F)(F)F. The monoisotopic (exact) mass is 414 g/mol. The normalized spacial score (nSPS) is 15.9. The molecule has 0 bridgehead atoms. The van der Waals surface area contributed by atoms with Crippen molar-refractivity contribution in [3.63, 3.8) is 0 Å². The summed E-state index contributed by atoms with van der Waals surface area (Å²) in [6.07, 6.45) is -12.1. The minimum Gasteiger partial charge on any atom is -0.259 e. The predicted molar refractivity (Wildman–Crippen MR) is 46.7 cm³/mol. The molecule has 146 valence electrons. The predicted octanol–water partition coefficient (Wildman–Crippen LogP) is 3.66. The molecule has 0 aromatic rings. The average Bonchev–Trinajstić information content (AvgIpc) is 2.34. The zero-order valence-corrected chi connectivity index (χ0v) is 11.1. The molecule has 0 aliphatic carbocycles. The minimum absolute atomic E-state index is 2.43. The Hall–Kier alpha value is -1.00. The van der Waals surface area contributed by atoms with E-state index < -0.39 is 52.3 Å². The van der Waals surface area contributed by atoms with Gasteiger partial charge in [-0.15, -0.1) is 0 Å². The van der Waals surface area contributed by atoms with Crippen LogP contribution in [-0.2, 0) is 14.3 Å². The first kappa shape index (κ1) is 23.0. The molecule has 0 aliphatic heterocycles. The summed E-state index contributed by atoms with van der Waals surface area (Å²) in [4.78, 5) is 0. The van der Waals surface area contributed by atoms with E-state index in [0.717, 1.165) is 0 Å². The minimum atomic E-state index is -7.71. The van der Waals surface area contributed by atoms with E-state index in [4.69, 9.17) is 0 Å². The van der Waals surface area contributed by atoms with Gasteiger partial charge in [-0.2, -0.15) is 56.7 Å². The summed E-state index contributed by atoms with van der Waals surface area (Å²) < 4.78 is 183. The Labute approximate surface area is 123 Å². The van der Waals surface area contributed by atoms with Crippen molar-refractivity contribution in [2.24, 2.45) is 0 Å². The number of rotatable bonds is 7. The van der Waals surface area contributed by atoms with E-state index in [-0.39, 0.29) is 0 Å². The van der Waals surface area contributed by atoms with Crippen LogP contribution in [0.25, 0.3) is 0 Å². The zero-order chi connectivity index (χ0) is 20.0. The van der Waals surface area contributed by atoms with E-state index in [9.17, 15) is 65.5 Å². The topological polar surface area (TPSA) is 43.4 Å². The zero-order valence-electron chi connectivity index (χ0n) is 10.3. The van der Waals surface area contributed by atoms with Crippen molar-refractivity contribution in [2.45, 2.75) is 35.6 Å². The van der Waals surface area contributed by atoms with Gasteiger partial charge in [-0.05, 0) is 0 Å². The van der Waals surface area contributed by atoms with Crippen LogP contribution in [0.3, 0.4) is 0 Å². The molecule has 17 heteroatoms. The van der Waals surface area contributed by atoms with Crippen molar-refractivity contribution in [2.75, 3.05) is 6.61 Å². The van der Waals surface area contributed by atoms with Gasteiger partial charge in [-0.3, -0.25) is 4.18 Å². The lowest BCUT2D eigenvalue weighted by Gasteiger charge is -2.32. The van der Waals surface area contributed by atoms with Crippen LogP contribution in [-0.4, -0.2) is 50.6 Å². The summed E-state index contributed by atoms with van der Waals surface area (Å²) in [5, 5.41) is -7.39. The van der Waals surface area contributed by atoms with E-state index in [2.05, 4.69) is 4.18 Å². The molecule has 0 radical (unpaired) electrons. The standard InChI is InChI=1S/C7H3F13O3S/c8-2(9)3(10,11)1-23-24(21,22)7(19,20)5(14,15)4(12,13)6(16,17)18/h2H,1H2. The van der Waals surface area contributed by atoms with Crippen molar-refractivity contribution < 1.29 is 69.7 Å². The lowest BCUT2D eigenvalue weighted by Crippen LogP contribution is -2.63. The third-order valence-electron chi connectivity index (χ3n) is 2.16. The maximum Gasteiger partial charge on any atom is 0.460 e. The fraction of sp³-hybridized carbons (Fsp3) is 1.00. The molecule has 0 rings (SSSR count). The summed E-state index contributed by atoms with van der Waals surface area (Å²) >= 11 is 0. The van der Waals surface area contributed by atoms with Crippen LogP contribution in [0.2, 0.25) is 0 Å². The van der Waals surface area contributed by atoms with E-state index in [1.165, 1.54) is 0 Å². The molecule has 0 N–H and O–H groups in total. The Balaban J connectivity index is 5.80. The molecule has 0 saturated carbocycles. The van der Waals surface area contributed by atoms with Crippen LogP contribution >= 0.6 is 0 Å². The fourth-order valence-corrected chi connectivity index (χ4v) is 1.71. The highest BCUT2D eigenvalue weighted by Crippen LogP contribution is 2.55. The Morgan fingerprint density at radius 2 is 1.12 bits per heavy atom. The molecule has 24 heavy (non-hydrogen) atoms. The van der Waals surface area contributed by atoms with Crippen LogP contribution in [0.15, 0.2) is 0 Å². The molecule has 0 saturated heterocycles. The first-order chi connectivity index (χ1) is 10.2. The van der Waals surface area contributed by atoms with Crippen molar-refractivity contribution >= 4 is 10.1 Å². The Morgan fingerprint density at radius 3 is 1.42 bits per heavy atom. The molecule has 0 unspecified atom stereocenters. The number of alkyl halides is 13.